The van der Waals surface area contributed by atoms with Crippen molar-refractivity contribution < 1.29 is 0 Å². The number of pyridine rings is 2. The lowest BCUT2D eigenvalue weighted by atomic mass is 10.0. The molecule has 0 fully saturated rings. The molecule has 0 spiro atoms. The van der Waals surface area contributed by atoms with E-state index in [2.05, 4.69) is 32.1 Å². The largest absolute Gasteiger partial charge is 0.255 e. The van der Waals surface area contributed by atoms with Crippen molar-refractivity contribution in [2.45, 2.75) is 9.92 Å². The second-order valence-electron chi connectivity index (χ2n) is 6.86. The minimum absolute atomic E-state index is 0.0890. The maximum Gasteiger partial charge on any atom is 0.236 e. The van der Waals surface area contributed by atoms with Crippen LogP contribution in [0, 0.1) is 22.7 Å². The van der Waals surface area contributed by atoms with Gasteiger partial charge in [0, 0.05) is 33.0 Å². The standard InChI is InChI=1S/C23H9N7S/c24-10-18-28-19(11-25)30-22(29-18)12-5-6-16-15(9-12)13-7-8-26-21-14-3-1-2-4-17(14)31-23(27-16)20(13)21/h1-9H. The predicted octanol–water partition coefficient (Wildman–Crippen LogP) is 4.51. The molecule has 1 aliphatic rings. The third kappa shape index (κ3) is 2.63. The van der Waals surface area contributed by atoms with Crippen LogP contribution in [0.5, 0.6) is 0 Å². The van der Waals surface area contributed by atoms with Crippen molar-refractivity contribution in [3.05, 3.63) is 66.4 Å². The number of benzene rings is 2. The summed E-state index contributed by atoms with van der Waals surface area (Å²) in [6, 6.07) is 19.6. The molecule has 31 heavy (non-hydrogen) atoms. The normalized spacial score (nSPS) is 11.7. The van der Waals surface area contributed by atoms with Crippen molar-refractivity contribution in [2.24, 2.45) is 0 Å². The summed E-state index contributed by atoms with van der Waals surface area (Å²) in [5, 5.41) is 22.3. The number of hydrogen-bond donors (Lipinski definition) is 0. The lowest BCUT2D eigenvalue weighted by Gasteiger charge is -2.19. The van der Waals surface area contributed by atoms with Crippen LogP contribution in [0.2, 0.25) is 0 Å². The summed E-state index contributed by atoms with van der Waals surface area (Å²) in [5.74, 6) is 0.103. The van der Waals surface area contributed by atoms with E-state index >= 15 is 0 Å². The molecule has 3 aromatic heterocycles. The van der Waals surface area contributed by atoms with Crippen molar-refractivity contribution in [1.82, 2.24) is 24.9 Å². The van der Waals surface area contributed by atoms with Crippen LogP contribution in [0.4, 0.5) is 0 Å². The van der Waals surface area contributed by atoms with E-state index in [1.165, 1.54) is 0 Å². The van der Waals surface area contributed by atoms with Gasteiger partial charge in [-0.2, -0.15) is 25.5 Å². The van der Waals surface area contributed by atoms with Gasteiger partial charge in [0.15, 0.2) is 5.82 Å². The smallest absolute Gasteiger partial charge is 0.236 e. The van der Waals surface area contributed by atoms with E-state index < -0.39 is 0 Å². The highest BCUT2D eigenvalue weighted by Gasteiger charge is 2.22. The summed E-state index contributed by atoms with van der Waals surface area (Å²) in [5.41, 5.74) is 3.53. The van der Waals surface area contributed by atoms with Gasteiger partial charge in [0.2, 0.25) is 11.6 Å². The first-order chi connectivity index (χ1) is 15.2. The number of hydrogen-bond acceptors (Lipinski definition) is 8. The highest BCUT2D eigenvalue weighted by molar-refractivity contribution is 7.99. The third-order valence-electron chi connectivity index (χ3n) is 5.12. The lowest BCUT2D eigenvalue weighted by molar-refractivity contribution is 0.996. The Morgan fingerprint density at radius 2 is 1.61 bits per heavy atom. The monoisotopic (exact) mass is 415 g/mol. The highest BCUT2D eigenvalue weighted by Crippen LogP contribution is 2.47. The second kappa shape index (κ2) is 6.56. The molecule has 0 aliphatic carbocycles. The molecule has 4 heterocycles. The summed E-state index contributed by atoms with van der Waals surface area (Å²) in [7, 11) is 0. The van der Waals surface area contributed by atoms with Crippen LogP contribution in [0.25, 0.3) is 44.3 Å². The topological polar surface area (TPSA) is 112 Å². The molecule has 0 radical (unpaired) electrons. The van der Waals surface area contributed by atoms with Crippen molar-refractivity contribution in [3.8, 4) is 34.8 Å². The van der Waals surface area contributed by atoms with Crippen LogP contribution >= 0.6 is 11.8 Å². The lowest BCUT2D eigenvalue weighted by Crippen LogP contribution is -2.01. The average Bonchev–Trinajstić information content (AvgIpc) is 2.83. The summed E-state index contributed by atoms with van der Waals surface area (Å²) < 4.78 is 0. The minimum atomic E-state index is -0.0890. The van der Waals surface area contributed by atoms with E-state index in [0.29, 0.717) is 5.56 Å². The molecule has 0 unspecified atom stereocenters. The van der Waals surface area contributed by atoms with Crippen molar-refractivity contribution >= 4 is 33.4 Å². The molecule has 8 heteroatoms. The van der Waals surface area contributed by atoms with Gasteiger partial charge in [0.05, 0.1) is 11.2 Å². The van der Waals surface area contributed by atoms with Crippen LogP contribution in [0.15, 0.2) is 64.6 Å². The third-order valence-corrected chi connectivity index (χ3v) is 6.18. The SMILES string of the molecule is N#Cc1nc(C#N)nc(-c2ccc3nc4c5c(nccc5c3c2)-c2ccccc2S4)n1. The van der Waals surface area contributed by atoms with Crippen molar-refractivity contribution in [2.75, 3.05) is 0 Å². The Labute approximate surface area is 180 Å². The molecule has 0 saturated carbocycles. The zero-order valence-electron chi connectivity index (χ0n) is 15.7. The van der Waals surface area contributed by atoms with Gasteiger partial charge < -0.3 is 0 Å². The molecular formula is C23H9N7S. The van der Waals surface area contributed by atoms with Crippen LogP contribution in [0.1, 0.15) is 11.6 Å². The summed E-state index contributed by atoms with van der Waals surface area (Å²) >= 11 is 1.64. The maximum atomic E-state index is 9.19. The van der Waals surface area contributed by atoms with Gasteiger partial charge in [-0.05, 0) is 35.7 Å². The fraction of sp³-hybridized carbons (Fsp3) is 0. The van der Waals surface area contributed by atoms with Gasteiger partial charge in [-0.25, -0.2) is 4.98 Å². The fourth-order valence-electron chi connectivity index (χ4n) is 3.79. The molecule has 0 atom stereocenters. The highest BCUT2D eigenvalue weighted by atomic mass is 32.2. The van der Waals surface area contributed by atoms with E-state index in [0.717, 1.165) is 42.9 Å². The Kier molecular flexibility index (Phi) is 3.69. The first-order valence-electron chi connectivity index (χ1n) is 9.31. The Hall–Kier alpha value is -4.40. The first kappa shape index (κ1) is 17.5. The average molecular weight is 415 g/mol. The van der Waals surface area contributed by atoms with Gasteiger partial charge in [0.25, 0.3) is 0 Å². The Morgan fingerprint density at radius 3 is 2.42 bits per heavy atom. The number of fused-ring (bicyclic) bond motifs is 4. The van der Waals surface area contributed by atoms with Gasteiger partial charge in [-0.15, -0.1) is 0 Å². The molecular weight excluding hydrogens is 406 g/mol. The zero-order valence-corrected chi connectivity index (χ0v) is 16.6. The van der Waals surface area contributed by atoms with E-state index in [1.807, 2.05) is 54.7 Å². The quantitative estimate of drug-likeness (QED) is 0.361. The molecule has 5 aromatic rings. The molecule has 0 bridgehead atoms. The molecule has 142 valence electrons. The van der Waals surface area contributed by atoms with Crippen LogP contribution in [-0.4, -0.2) is 24.9 Å². The van der Waals surface area contributed by atoms with Crippen LogP contribution in [-0.2, 0) is 0 Å². The summed E-state index contributed by atoms with van der Waals surface area (Å²) in [4.78, 5) is 22.8. The van der Waals surface area contributed by atoms with Crippen molar-refractivity contribution in [3.63, 3.8) is 0 Å². The summed E-state index contributed by atoms with van der Waals surface area (Å²) in [6.45, 7) is 0. The molecule has 0 saturated heterocycles. The van der Waals surface area contributed by atoms with E-state index in [-0.39, 0.29) is 17.5 Å². The molecule has 0 N–H and O–H groups in total. The molecule has 7 nitrogen and oxygen atoms in total. The fourth-order valence-corrected chi connectivity index (χ4v) is 4.88. The van der Waals surface area contributed by atoms with E-state index in [1.54, 1.807) is 11.8 Å². The Morgan fingerprint density at radius 1 is 0.806 bits per heavy atom. The Balaban J connectivity index is 1.65. The molecule has 0 amide bonds. The Bertz CT molecular complexity index is 1610. The van der Waals surface area contributed by atoms with E-state index in [4.69, 9.17) is 4.98 Å². The molecule has 6 rings (SSSR count). The van der Waals surface area contributed by atoms with Crippen LogP contribution < -0.4 is 0 Å². The van der Waals surface area contributed by atoms with E-state index in [9.17, 15) is 10.5 Å². The predicted molar refractivity (Wildman–Crippen MR) is 115 cm³/mol. The van der Waals surface area contributed by atoms with Gasteiger partial charge in [-0.1, -0.05) is 30.0 Å². The number of nitriles is 2. The zero-order chi connectivity index (χ0) is 20.9. The molecule has 2 aromatic carbocycles. The van der Waals surface area contributed by atoms with Gasteiger partial charge in [0.1, 0.15) is 17.2 Å². The number of nitrogens with zero attached hydrogens (tertiary/aromatic N) is 7. The van der Waals surface area contributed by atoms with Gasteiger partial charge >= 0.3 is 0 Å². The van der Waals surface area contributed by atoms with Gasteiger partial charge in [-0.3, -0.25) is 4.98 Å². The van der Waals surface area contributed by atoms with Crippen LogP contribution in [0.3, 0.4) is 0 Å². The number of rotatable bonds is 1. The minimum Gasteiger partial charge on any atom is -0.255 e. The molecule has 1 aliphatic heterocycles. The summed E-state index contributed by atoms with van der Waals surface area (Å²) in [6.07, 6.45) is 1.81. The maximum absolute atomic E-state index is 9.19. The second-order valence-corrected chi connectivity index (χ2v) is 7.89. The van der Waals surface area contributed by atoms with Crippen molar-refractivity contribution in [1.29, 1.82) is 10.5 Å². The number of aromatic nitrogens is 5. The first-order valence-corrected chi connectivity index (χ1v) is 10.1.